The molecule has 4 aliphatic rings. The molecule has 0 radical (unpaired) electrons. The number of carboxylic acid groups (broad SMARTS) is 2. The molecule has 0 aromatic rings. The summed E-state index contributed by atoms with van der Waals surface area (Å²) in [6.07, 6.45) is 9.90. The standard InChI is InChI=1S/C32H54NO8P/c1-20(12-16-33-28(35)13-17-42(40,41)19-21(30(38)39)4-9-29(36)37)25-7-8-26-24-6-5-22-18-23(34)10-14-31(22,2)27(24)11-15-32(25,26)3/h20-27,34H,4-19H2,1-3H3,(H,33,35)(H,36,37)(H,38,39)(H,40,41)/t20-,21?,22-,23-,24?,25?,26?,27?,31+,32-/m1/s1. The van der Waals surface area contributed by atoms with Gasteiger partial charge in [-0.15, -0.1) is 0 Å². The lowest BCUT2D eigenvalue weighted by Gasteiger charge is -2.61. The fourth-order valence-electron chi connectivity index (χ4n) is 10.2. The summed E-state index contributed by atoms with van der Waals surface area (Å²) in [4.78, 5) is 44.9. The van der Waals surface area contributed by atoms with Gasteiger partial charge in [0.25, 0.3) is 0 Å². The SMILES string of the molecule is C[C@H](CCNC(=O)CCP(=O)(O)CC(CCC(=O)O)C(=O)O)C1CCC2C3CC[C@@H]4C[C@H](O)CC[C@]4(C)C3CC[C@@]21C. The smallest absolute Gasteiger partial charge is 0.307 e. The van der Waals surface area contributed by atoms with Gasteiger partial charge < -0.3 is 25.5 Å². The van der Waals surface area contributed by atoms with Crippen LogP contribution in [0.25, 0.3) is 0 Å². The molecule has 6 unspecified atom stereocenters. The van der Waals surface area contributed by atoms with Gasteiger partial charge in [-0.1, -0.05) is 20.8 Å². The molecule has 0 aliphatic heterocycles. The zero-order valence-corrected chi connectivity index (χ0v) is 26.7. The van der Waals surface area contributed by atoms with Gasteiger partial charge in [-0.05, 0) is 117 Å². The van der Waals surface area contributed by atoms with E-state index in [1.807, 2.05) is 0 Å². The van der Waals surface area contributed by atoms with Gasteiger partial charge in [0.1, 0.15) is 0 Å². The number of hydrogen-bond donors (Lipinski definition) is 5. The Labute approximate surface area is 251 Å². The minimum absolute atomic E-state index is 0.112. The lowest BCUT2D eigenvalue weighted by molar-refractivity contribution is -0.142. The van der Waals surface area contributed by atoms with Crippen LogP contribution < -0.4 is 5.32 Å². The van der Waals surface area contributed by atoms with Crippen LogP contribution in [0.2, 0.25) is 0 Å². The number of fused-ring (bicyclic) bond motifs is 5. The van der Waals surface area contributed by atoms with Crippen LogP contribution in [-0.2, 0) is 18.9 Å². The van der Waals surface area contributed by atoms with Gasteiger partial charge in [-0.3, -0.25) is 18.9 Å². The van der Waals surface area contributed by atoms with E-state index >= 15 is 0 Å². The topological polar surface area (TPSA) is 161 Å². The lowest BCUT2D eigenvalue weighted by Crippen LogP contribution is -2.54. The quantitative estimate of drug-likeness (QED) is 0.174. The zero-order valence-electron chi connectivity index (χ0n) is 25.8. The molecule has 0 bridgehead atoms. The second-order valence-electron chi connectivity index (χ2n) is 14.9. The van der Waals surface area contributed by atoms with E-state index in [2.05, 4.69) is 26.1 Å². The summed E-state index contributed by atoms with van der Waals surface area (Å²) in [6.45, 7) is 7.87. The van der Waals surface area contributed by atoms with E-state index in [-0.39, 0.29) is 37.4 Å². The van der Waals surface area contributed by atoms with E-state index in [0.29, 0.717) is 35.1 Å². The molecule has 240 valence electrons. The third kappa shape index (κ3) is 7.26. The number of rotatable bonds is 13. The van der Waals surface area contributed by atoms with E-state index in [0.717, 1.165) is 37.0 Å². The van der Waals surface area contributed by atoms with Crippen LogP contribution in [0.15, 0.2) is 0 Å². The van der Waals surface area contributed by atoms with Crippen molar-refractivity contribution in [2.24, 2.45) is 52.3 Å². The van der Waals surface area contributed by atoms with E-state index in [4.69, 9.17) is 5.11 Å². The Hall–Kier alpha value is -1.44. The number of carbonyl (C=O) groups excluding carboxylic acids is 1. The molecule has 0 aromatic heterocycles. The molecule has 10 heteroatoms. The van der Waals surface area contributed by atoms with Crippen molar-refractivity contribution in [3.05, 3.63) is 0 Å². The number of carboxylic acids is 2. The Morgan fingerprint density at radius 3 is 2.31 bits per heavy atom. The van der Waals surface area contributed by atoms with E-state index in [1.165, 1.54) is 44.9 Å². The summed E-state index contributed by atoms with van der Waals surface area (Å²) < 4.78 is 12.6. The van der Waals surface area contributed by atoms with Crippen LogP contribution in [0.4, 0.5) is 0 Å². The maximum Gasteiger partial charge on any atom is 0.307 e. The molecule has 42 heavy (non-hydrogen) atoms. The summed E-state index contributed by atoms with van der Waals surface area (Å²) in [6, 6.07) is 0. The Balaban J connectivity index is 1.24. The largest absolute Gasteiger partial charge is 0.481 e. The Morgan fingerprint density at radius 1 is 0.929 bits per heavy atom. The summed E-state index contributed by atoms with van der Waals surface area (Å²) in [5, 5.41) is 31.3. The highest BCUT2D eigenvalue weighted by Gasteiger charge is 2.60. The molecular formula is C32H54NO8P. The first-order chi connectivity index (χ1) is 19.7. The lowest BCUT2D eigenvalue weighted by atomic mass is 9.44. The van der Waals surface area contributed by atoms with Gasteiger partial charge in [0.05, 0.1) is 12.0 Å². The molecule has 4 fully saturated rings. The molecule has 5 N–H and O–H groups in total. The monoisotopic (exact) mass is 611 g/mol. The number of aliphatic carboxylic acids is 2. The Morgan fingerprint density at radius 2 is 1.62 bits per heavy atom. The molecule has 0 heterocycles. The molecule has 1 amide bonds. The summed E-state index contributed by atoms with van der Waals surface area (Å²) in [7, 11) is -3.89. The summed E-state index contributed by atoms with van der Waals surface area (Å²) in [5.41, 5.74) is 0.704. The fourth-order valence-corrected chi connectivity index (χ4v) is 12.0. The molecule has 9 nitrogen and oxygen atoms in total. The molecule has 4 rings (SSSR count). The van der Waals surface area contributed by atoms with Gasteiger partial charge in [0, 0.05) is 31.7 Å². The first-order valence-electron chi connectivity index (χ1n) is 16.4. The zero-order chi connectivity index (χ0) is 30.9. The minimum Gasteiger partial charge on any atom is -0.481 e. The first kappa shape index (κ1) is 33.5. The van der Waals surface area contributed by atoms with Gasteiger partial charge in [0.2, 0.25) is 13.3 Å². The Bertz CT molecular complexity index is 1050. The number of carbonyl (C=O) groups is 3. The minimum atomic E-state index is -3.89. The third-order valence-corrected chi connectivity index (χ3v) is 14.5. The Kier molecular flexibility index (Phi) is 10.6. The molecule has 4 saturated carbocycles. The third-order valence-electron chi connectivity index (χ3n) is 12.6. The average Bonchev–Trinajstić information content (AvgIpc) is 3.27. The molecular weight excluding hydrogens is 557 g/mol. The number of amides is 1. The van der Waals surface area contributed by atoms with E-state index in [1.54, 1.807) is 0 Å². The second kappa shape index (κ2) is 13.3. The number of hydrogen-bond acceptors (Lipinski definition) is 5. The van der Waals surface area contributed by atoms with Crippen molar-refractivity contribution in [2.45, 2.75) is 110 Å². The van der Waals surface area contributed by atoms with Crippen molar-refractivity contribution in [3.8, 4) is 0 Å². The van der Waals surface area contributed by atoms with Crippen LogP contribution in [0.3, 0.4) is 0 Å². The van der Waals surface area contributed by atoms with Crippen LogP contribution in [0, 0.1) is 52.3 Å². The number of aliphatic hydroxyl groups is 1. The van der Waals surface area contributed by atoms with E-state index in [9.17, 15) is 34.1 Å². The van der Waals surface area contributed by atoms with Crippen LogP contribution in [0.5, 0.6) is 0 Å². The van der Waals surface area contributed by atoms with E-state index < -0.39 is 31.4 Å². The van der Waals surface area contributed by atoms with Gasteiger partial charge >= 0.3 is 11.9 Å². The molecule has 0 aromatic carbocycles. The first-order valence-corrected chi connectivity index (χ1v) is 18.4. The number of aliphatic hydroxyl groups excluding tert-OH is 1. The van der Waals surface area contributed by atoms with Crippen molar-refractivity contribution in [1.29, 1.82) is 0 Å². The molecule has 0 spiro atoms. The van der Waals surface area contributed by atoms with Gasteiger partial charge in [-0.25, -0.2) is 0 Å². The molecule has 11 atom stereocenters. The predicted molar refractivity (Wildman–Crippen MR) is 160 cm³/mol. The molecule has 0 saturated heterocycles. The summed E-state index contributed by atoms with van der Waals surface area (Å²) in [5.74, 6) is 0.0910. The maximum absolute atomic E-state index is 12.6. The molecule has 4 aliphatic carbocycles. The summed E-state index contributed by atoms with van der Waals surface area (Å²) >= 11 is 0. The second-order valence-corrected chi connectivity index (χ2v) is 17.4. The van der Waals surface area contributed by atoms with Crippen LogP contribution >= 0.6 is 7.37 Å². The van der Waals surface area contributed by atoms with Crippen molar-refractivity contribution >= 4 is 25.2 Å². The van der Waals surface area contributed by atoms with Crippen molar-refractivity contribution in [3.63, 3.8) is 0 Å². The highest BCUT2D eigenvalue weighted by molar-refractivity contribution is 7.58. The highest BCUT2D eigenvalue weighted by atomic mass is 31.2. The highest BCUT2D eigenvalue weighted by Crippen LogP contribution is 2.68. The fraction of sp³-hybridized carbons (Fsp3) is 0.906. The normalized spacial score (nSPS) is 38.7. The van der Waals surface area contributed by atoms with Crippen LogP contribution in [-0.4, -0.2) is 63.0 Å². The average molecular weight is 612 g/mol. The van der Waals surface area contributed by atoms with Crippen molar-refractivity contribution in [1.82, 2.24) is 5.32 Å². The van der Waals surface area contributed by atoms with Crippen LogP contribution in [0.1, 0.15) is 104 Å². The maximum atomic E-state index is 12.6. The van der Waals surface area contributed by atoms with Crippen molar-refractivity contribution < 1.29 is 39.2 Å². The predicted octanol–water partition coefficient (Wildman–Crippen LogP) is 5.37. The van der Waals surface area contributed by atoms with Crippen molar-refractivity contribution in [2.75, 3.05) is 18.9 Å². The van der Waals surface area contributed by atoms with Gasteiger partial charge in [0.15, 0.2) is 0 Å². The van der Waals surface area contributed by atoms with Gasteiger partial charge in [-0.2, -0.15) is 0 Å². The number of nitrogens with one attached hydrogen (secondary N) is 1.